The van der Waals surface area contributed by atoms with E-state index in [1.807, 2.05) is 0 Å². The zero-order valence-electron chi connectivity index (χ0n) is 10.2. The van der Waals surface area contributed by atoms with Crippen LogP contribution in [0.4, 0.5) is 0 Å². The molecule has 1 aliphatic carbocycles. The van der Waals surface area contributed by atoms with Crippen LogP contribution in [0, 0.1) is 12.8 Å². The predicted octanol–water partition coefficient (Wildman–Crippen LogP) is 2.31. The first-order valence-corrected chi connectivity index (χ1v) is 6.77. The van der Waals surface area contributed by atoms with Crippen molar-refractivity contribution < 1.29 is 4.74 Å². The summed E-state index contributed by atoms with van der Waals surface area (Å²) < 4.78 is 5.43. The molecule has 1 atom stereocenters. The summed E-state index contributed by atoms with van der Waals surface area (Å²) in [5.41, 5.74) is 1.07. The van der Waals surface area contributed by atoms with Crippen LogP contribution in [0.2, 0.25) is 0 Å². The number of ether oxygens (including phenoxy) is 1. The normalized spacial score (nSPS) is 19.7. The Bertz CT molecular complexity index is 341. The molecule has 4 heteroatoms. The van der Waals surface area contributed by atoms with Crippen LogP contribution in [0.5, 0.6) is 0 Å². The molecule has 3 nitrogen and oxygen atoms in total. The SMILES string of the molecule is CCNC(COC)(c1nc(C)cs1)C1CC1. The van der Waals surface area contributed by atoms with E-state index in [9.17, 15) is 0 Å². The standard InChI is InChI=1S/C12H20N2OS/c1-4-13-12(8-15-3,10-5-6-10)11-14-9(2)7-16-11/h7,10,13H,4-6,8H2,1-3H3. The first kappa shape index (κ1) is 12.0. The minimum absolute atomic E-state index is 0.0393. The molecule has 0 saturated heterocycles. The van der Waals surface area contributed by atoms with E-state index in [1.54, 1.807) is 18.4 Å². The van der Waals surface area contributed by atoms with Gasteiger partial charge in [-0.15, -0.1) is 11.3 Å². The molecule has 1 unspecified atom stereocenters. The zero-order chi connectivity index (χ0) is 11.6. The summed E-state index contributed by atoms with van der Waals surface area (Å²) in [5, 5.41) is 6.93. The molecule has 0 spiro atoms. The Morgan fingerprint density at radius 2 is 2.38 bits per heavy atom. The lowest BCUT2D eigenvalue weighted by atomic mass is 9.94. The van der Waals surface area contributed by atoms with Crippen LogP contribution in [0.25, 0.3) is 0 Å². The Morgan fingerprint density at radius 3 is 2.81 bits per heavy atom. The highest BCUT2D eigenvalue weighted by Gasteiger charge is 2.48. The topological polar surface area (TPSA) is 34.1 Å². The van der Waals surface area contributed by atoms with E-state index in [0.29, 0.717) is 5.92 Å². The molecule has 1 N–H and O–H groups in total. The van der Waals surface area contributed by atoms with Crippen LogP contribution in [0.15, 0.2) is 5.38 Å². The largest absolute Gasteiger partial charge is 0.382 e. The highest BCUT2D eigenvalue weighted by Crippen LogP contribution is 2.46. The Labute approximate surface area is 101 Å². The van der Waals surface area contributed by atoms with Crippen molar-refractivity contribution in [2.75, 3.05) is 20.3 Å². The lowest BCUT2D eigenvalue weighted by Gasteiger charge is -2.32. The van der Waals surface area contributed by atoms with E-state index in [-0.39, 0.29) is 5.54 Å². The Morgan fingerprint density at radius 1 is 1.62 bits per heavy atom. The molecular weight excluding hydrogens is 220 g/mol. The van der Waals surface area contributed by atoms with Crippen molar-refractivity contribution in [3.63, 3.8) is 0 Å². The van der Waals surface area contributed by atoms with Crippen molar-refractivity contribution in [2.45, 2.75) is 32.2 Å². The van der Waals surface area contributed by atoms with E-state index in [2.05, 4.69) is 29.5 Å². The van der Waals surface area contributed by atoms with Crippen LogP contribution >= 0.6 is 11.3 Å². The number of hydrogen-bond donors (Lipinski definition) is 1. The number of nitrogens with zero attached hydrogens (tertiary/aromatic N) is 1. The fraction of sp³-hybridized carbons (Fsp3) is 0.750. The molecule has 16 heavy (non-hydrogen) atoms. The Kier molecular flexibility index (Phi) is 3.62. The van der Waals surface area contributed by atoms with Crippen LogP contribution in [0.3, 0.4) is 0 Å². The van der Waals surface area contributed by atoms with Crippen molar-refractivity contribution in [1.82, 2.24) is 10.3 Å². The van der Waals surface area contributed by atoms with Gasteiger partial charge in [-0.3, -0.25) is 0 Å². The fourth-order valence-electron chi connectivity index (χ4n) is 2.30. The number of likely N-dealkylation sites (N-methyl/N-ethyl adjacent to an activating group) is 1. The second-order valence-corrected chi connectivity index (χ2v) is 5.36. The molecule has 1 fully saturated rings. The van der Waals surface area contributed by atoms with Gasteiger partial charge in [0.25, 0.3) is 0 Å². The molecule has 1 aromatic heterocycles. The molecule has 1 heterocycles. The minimum Gasteiger partial charge on any atom is -0.382 e. The third-order valence-electron chi connectivity index (χ3n) is 3.14. The number of methoxy groups -OCH3 is 1. The smallest absolute Gasteiger partial charge is 0.116 e. The maximum absolute atomic E-state index is 5.43. The highest BCUT2D eigenvalue weighted by atomic mass is 32.1. The Balaban J connectivity index is 2.30. The van der Waals surface area contributed by atoms with Crippen molar-refractivity contribution in [3.05, 3.63) is 16.1 Å². The van der Waals surface area contributed by atoms with E-state index in [0.717, 1.165) is 18.8 Å². The molecule has 1 aromatic rings. The average molecular weight is 240 g/mol. The molecular formula is C12H20N2OS. The molecule has 90 valence electrons. The molecule has 0 radical (unpaired) electrons. The first-order chi connectivity index (χ1) is 7.73. The third kappa shape index (κ3) is 2.14. The van der Waals surface area contributed by atoms with Gasteiger partial charge in [0.1, 0.15) is 5.01 Å². The summed E-state index contributed by atoms with van der Waals surface area (Å²) in [5.74, 6) is 0.693. The van der Waals surface area contributed by atoms with Gasteiger partial charge < -0.3 is 10.1 Å². The van der Waals surface area contributed by atoms with Gasteiger partial charge in [-0.25, -0.2) is 4.98 Å². The van der Waals surface area contributed by atoms with Gasteiger partial charge in [0.05, 0.1) is 12.1 Å². The maximum Gasteiger partial charge on any atom is 0.116 e. The number of aromatic nitrogens is 1. The van der Waals surface area contributed by atoms with Gasteiger partial charge in [0.15, 0.2) is 0 Å². The fourth-order valence-corrected chi connectivity index (χ4v) is 3.34. The number of nitrogens with one attached hydrogen (secondary N) is 1. The van der Waals surface area contributed by atoms with E-state index < -0.39 is 0 Å². The Hall–Kier alpha value is -0.450. The number of rotatable bonds is 6. The van der Waals surface area contributed by atoms with Crippen molar-refractivity contribution in [3.8, 4) is 0 Å². The number of hydrogen-bond acceptors (Lipinski definition) is 4. The molecule has 0 bridgehead atoms. The summed E-state index contributed by atoms with van der Waals surface area (Å²) >= 11 is 1.75. The molecule has 0 aliphatic heterocycles. The van der Waals surface area contributed by atoms with Gasteiger partial charge in [-0.1, -0.05) is 6.92 Å². The third-order valence-corrected chi connectivity index (χ3v) is 4.28. The molecule has 1 saturated carbocycles. The minimum atomic E-state index is -0.0393. The van der Waals surface area contributed by atoms with Gasteiger partial charge in [-0.05, 0) is 32.2 Å². The van der Waals surface area contributed by atoms with Crippen LogP contribution in [-0.2, 0) is 10.3 Å². The monoisotopic (exact) mass is 240 g/mol. The molecule has 0 aromatic carbocycles. The lowest BCUT2D eigenvalue weighted by Crippen LogP contribution is -2.48. The van der Waals surface area contributed by atoms with Gasteiger partial charge >= 0.3 is 0 Å². The van der Waals surface area contributed by atoms with E-state index >= 15 is 0 Å². The summed E-state index contributed by atoms with van der Waals surface area (Å²) in [4.78, 5) is 4.66. The molecule has 2 rings (SSSR count). The second kappa shape index (κ2) is 4.82. The molecule has 0 amide bonds. The van der Waals surface area contributed by atoms with Crippen molar-refractivity contribution in [2.24, 2.45) is 5.92 Å². The maximum atomic E-state index is 5.43. The van der Waals surface area contributed by atoms with E-state index in [1.165, 1.54) is 17.8 Å². The van der Waals surface area contributed by atoms with Crippen molar-refractivity contribution in [1.29, 1.82) is 0 Å². The quantitative estimate of drug-likeness (QED) is 0.828. The predicted molar refractivity (Wildman–Crippen MR) is 66.8 cm³/mol. The highest BCUT2D eigenvalue weighted by molar-refractivity contribution is 7.09. The summed E-state index contributed by atoms with van der Waals surface area (Å²) in [6.45, 7) is 5.88. The van der Waals surface area contributed by atoms with Crippen LogP contribution in [0.1, 0.15) is 30.5 Å². The second-order valence-electron chi connectivity index (χ2n) is 4.50. The van der Waals surface area contributed by atoms with E-state index in [4.69, 9.17) is 4.74 Å². The summed E-state index contributed by atoms with van der Waals surface area (Å²) in [6.07, 6.45) is 2.57. The number of aryl methyl sites for hydroxylation is 1. The first-order valence-electron chi connectivity index (χ1n) is 5.89. The van der Waals surface area contributed by atoms with Gasteiger partial charge in [0, 0.05) is 18.2 Å². The van der Waals surface area contributed by atoms with Crippen LogP contribution < -0.4 is 5.32 Å². The lowest BCUT2D eigenvalue weighted by molar-refractivity contribution is 0.0937. The van der Waals surface area contributed by atoms with Crippen LogP contribution in [-0.4, -0.2) is 25.2 Å². The summed E-state index contributed by atoms with van der Waals surface area (Å²) in [6, 6.07) is 0. The average Bonchev–Trinajstić information content (AvgIpc) is 3.01. The zero-order valence-corrected chi connectivity index (χ0v) is 11.1. The van der Waals surface area contributed by atoms with Crippen molar-refractivity contribution >= 4 is 11.3 Å². The van der Waals surface area contributed by atoms with Gasteiger partial charge in [0.2, 0.25) is 0 Å². The number of thiazole rings is 1. The molecule has 1 aliphatic rings. The van der Waals surface area contributed by atoms with Gasteiger partial charge in [-0.2, -0.15) is 0 Å². The summed E-state index contributed by atoms with van der Waals surface area (Å²) in [7, 11) is 1.77.